The molecular formula is C13H25N5O3. The summed E-state index contributed by atoms with van der Waals surface area (Å²) in [6, 6.07) is 0.152. The molecule has 0 aromatic heterocycles. The van der Waals surface area contributed by atoms with E-state index < -0.39 is 0 Å². The Hall–Kier alpha value is -1.34. The number of hydrogen-bond acceptors (Lipinski definition) is 6. The molecule has 1 aliphatic heterocycles. The highest BCUT2D eigenvalue weighted by Crippen LogP contribution is 2.13. The molecule has 0 aromatic carbocycles. The van der Waals surface area contributed by atoms with E-state index in [1.165, 1.54) is 0 Å². The normalized spacial score (nSPS) is 16.4. The topological polar surface area (TPSA) is 99.6 Å². The second-order valence-electron chi connectivity index (χ2n) is 4.87. The SMILES string of the molecule is CCOC(=O)CNCCOCCN1CCC(N=[N+]=[N-])CC1. The Morgan fingerprint density at radius 3 is 2.86 bits per heavy atom. The van der Waals surface area contributed by atoms with Crippen molar-refractivity contribution in [3.05, 3.63) is 10.4 Å². The van der Waals surface area contributed by atoms with Crippen LogP contribution in [0.2, 0.25) is 0 Å². The zero-order valence-electron chi connectivity index (χ0n) is 12.7. The second kappa shape index (κ2) is 11.3. The van der Waals surface area contributed by atoms with Gasteiger partial charge in [-0.3, -0.25) is 4.79 Å². The lowest BCUT2D eigenvalue weighted by molar-refractivity contribution is -0.142. The molecule has 8 heteroatoms. The number of piperidine rings is 1. The molecule has 0 radical (unpaired) electrons. The molecule has 0 aromatic rings. The predicted molar refractivity (Wildman–Crippen MR) is 78.9 cm³/mol. The van der Waals surface area contributed by atoms with Crippen molar-refractivity contribution in [2.75, 3.05) is 52.5 Å². The van der Waals surface area contributed by atoms with Gasteiger partial charge in [0.1, 0.15) is 0 Å². The first-order valence-electron chi connectivity index (χ1n) is 7.47. The van der Waals surface area contributed by atoms with Crippen LogP contribution in [0.1, 0.15) is 19.8 Å². The van der Waals surface area contributed by atoms with Gasteiger partial charge in [0.05, 0.1) is 26.4 Å². The number of ether oxygens (including phenoxy) is 2. The quantitative estimate of drug-likeness (QED) is 0.213. The van der Waals surface area contributed by atoms with Crippen LogP contribution >= 0.6 is 0 Å². The first-order chi connectivity index (χ1) is 10.3. The molecule has 1 aliphatic rings. The number of hydrogen-bond donors (Lipinski definition) is 1. The van der Waals surface area contributed by atoms with Crippen molar-refractivity contribution in [2.24, 2.45) is 5.11 Å². The van der Waals surface area contributed by atoms with Gasteiger partial charge in [-0.1, -0.05) is 5.11 Å². The van der Waals surface area contributed by atoms with E-state index in [4.69, 9.17) is 15.0 Å². The molecule has 1 rings (SSSR count). The largest absolute Gasteiger partial charge is 0.465 e. The Morgan fingerprint density at radius 2 is 2.19 bits per heavy atom. The van der Waals surface area contributed by atoms with Gasteiger partial charge in [-0.2, -0.15) is 0 Å². The molecule has 1 fully saturated rings. The number of rotatable bonds is 10. The molecule has 0 amide bonds. The second-order valence-corrected chi connectivity index (χ2v) is 4.87. The fourth-order valence-electron chi connectivity index (χ4n) is 2.17. The fourth-order valence-corrected chi connectivity index (χ4v) is 2.17. The lowest BCUT2D eigenvalue weighted by atomic mass is 10.1. The standard InChI is InChI=1S/C13H25N5O3/c1-2-21-13(19)11-15-5-9-20-10-8-18-6-3-12(4-7-18)16-17-14/h12,15H,2-11H2,1H3. The Kier molecular flexibility index (Phi) is 9.56. The average molecular weight is 299 g/mol. The lowest BCUT2D eigenvalue weighted by Gasteiger charge is -2.29. The highest BCUT2D eigenvalue weighted by molar-refractivity contribution is 5.71. The van der Waals surface area contributed by atoms with Gasteiger partial charge in [0.25, 0.3) is 0 Å². The number of nitrogens with one attached hydrogen (secondary N) is 1. The zero-order valence-corrected chi connectivity index (χ0v) is 12.7. The number of nitrogens with zero attached hydrogens (tertiary/aromatic N) is 4. The van der Waals surface area contributed by atoms with Gasteiger partial charge in [-0.05, 0) is 38.4 Å². The van der Waals surface area contributed by atoms with Crippen LogP contribution in [0.5, 0.6) is 0 Å². The summed E-state index contributed by atoms with van der Waals surface area (Å²) < 4.78 is 10.3. The smallest absolute Gasteiger partial charge is 0.319 e. The van der Waals surface area contributed by atoms with Crippen molar-refractivity contribution < 1.29 is 14.3 Å². The minimum atomic E-state index is -0.236. The third-order valence-corrected chi connectivity index (χ3v) is 3.32. The molecule has 21 heavy (non-hydrogen) atoms. The summed E-state index contributed by atoms with van der Waals surface area (Å²) in [5.41, 5.74) is 8.38. The Balaban J connectivity index is 1.91. The fraction of sp³-hybridized carbons (Fsp3) is 0.923. The molecule has 0 saturated carbocycles. The molecule has 0 bridgehead atoms. The van der Waals surface area contributed by atoms with Crippen molar-refractivity contribution in [1.82, 2.24) is 10.2 Å². The van der Waals surface area contributed by atoms with E-state index >= 15 is 0 Å². The summed E-state index contributed by atoms with van der Waals surface area (Å²) in [5, 5.41) is 6.72. The van der Waals surface area contributed by atoms with Gasteiger partial charge in [-0.25, -0.2) is 0 Å². The van der Waals surface area contributed by atoms with E-state index in [9.17, 15) is 4.79 Å². The summed E-state index contributed by atoms with van der Waals surface area (Å²) in [7, 11) is 0. The van der Waals surface area contributed by atoms with Crippen LogP contribution < -0.4 is 5.32 Å². The Bertz CT molecular complexity index is 339. The number of azide groups is 1. The Labute approximate surface area is 125 Å². The minimum absolute atomic E-state index is 0.152. The van der Waals surface area contributed by atoms with Crippen molar-refractivity contribution >= 4 is 5.97 Å². The molecule has 0 atom stereocenters. The molecule has 120 valence electrons. The summed E-state index contributed by atoms with van der Waals surface area (Å²) >= 11 is 0. The zero-order chi connectivity index (χ0) is 15.3. The first kappa shape index (κ1) is 17.7. The lowest BCUT2D eigenvalue weighted by Crippen LogP contribution is -2.37. The maximum Gasteiger partial charge on any atom is 0.319 e. The molecule has 0 unspecified atom stereocenters. The monoisotopic (exact) mass is 299 g/mol. The molecule has 0 spiro atoms. The van der Waals surface area contributed by atoms with E-state index in [0.29, 0.717) is 26.4 Å². The Morgan fingerprint density at radius 1 is 1.43 bits per heavy atom. The first-order valence-corrected chi connectivity index (χ1v) is 7.47. The number of carbonyl (C=O) groups is 1. The molecule has 0 aliphatic carbocycles. The van der Waals surface area contributed by atoms with Crippen LogP contribution in [0, 0.1) is 0 Å². The van der Waals surface area contributed by atoms with E-state index in [2.05, 4.69) is 20.2 Å². The maximum atomic E-state index is 11.0. The highest BCUT2D eigenvalue weighted by atomic mass is 16.5. The highest BCUT2D eigenvalue weighted by Gasteiger charge is 2.17. The van der Waals surface area contributed by atoms with Crippen molar-refractivity contribution in [2.45, 2.75) is 25.8 Å². The summed E-state index contributed by atoms with van der Waals surface area (Å²) in [6.45, 7) is 7.11. The molecule has 8 nitrogen and oxygen atoms in total. The number of likely N-dealkylation sites (tertiary alicyclic amines) is 1. The van der Waals surface area contributed by atoms with Gasteiger partial charge in [0.2, 0.25) is 0 Å². The van der Waals surface area contributed by atoms with E-state index in [1.807, 2.05) is 0 Å². The average Bonchev–Trinajstić information content (AvgIpc) is 2.48. The minimum Gasteiger partial charge on any atom is -0.465 e. The van der Waals surface area contributed by atoms with Gasteiger partial charge in [0.15, 0.2) is 0 Å². The third-order valence-electron chi connectivity index (χ3n) is 3.32. The van der Waals surface area contributed by atoms with Crippen LogP contribution in [0.25, 0.3) is 10.4 Å². The van der Waals surface area contributed by atoms with Crippen LogP contribution in [-0.2, 0) is 14.3 Å². The number of carbonyl (C=O) groups excluding carboxylic acids is 1. The maximum absolute atomic E-state index is 11.0. The van der Waals surface area contributed by atoms with Gasteiger partial charge in [0, 0.05) is 24.0 Å². The van der Waals surface area contributed by atoms with E-state index in [1.54, 1.807) is 6.92 Å². The molecule has 1 heterocycles. The molecular weight excluding hydrogens is 274 g/mol. The summed E-state index contributed by atoms with van der Waals surface area (Å²) in [5.74, 6) is -0.236. The van der Waals surface area contributed by atoms with Crippen LogP contribution in [0.15, 0.2) is 5.11 Å². The van der Waals surface area contributed by atoms with E-state index in [-0.39, 0.29) is 18.6 Å². The van der Waals surface area contributed by atoms with Crippen molar-refractivity contribution in [1.29, 1.82) is 0 Å². The van der Waals surface area contributed by atoms with Crippen LogP contribution in [-0.4, -0.2) is 69.5 Å². The van der Waals surface area contributed by atoms with Gasteiger partial charge >= 0.3 is 5.97 Å². The third kappa shape index (κ3) is 8.52. The summed E-state index contributed by atoms with van der Waals surface area (Å²) in [6.07, 6.45) is 1.84. The molecule has 1 N–H and O–H groups in total. The van der Waals surface area contributed by atoms with Crippen molar-refractivity contribution in [3.8, 4) is 0 Å². The summed E-state index contributed by atoms with van der Waals surface area (Å²) in [4.78, 5) is 16.2. The van der Waals surface area contributed by atoms with Crippen LogP contribution in [0.4, 0.5) is 0 Å². The van der Waals surface area contributed by atoms with Crippen molar-refractivity contribution in [3.63, 3.8) is 0 Å². The van der Waals surface area contributed by atoms with E-state index in [0.717, 1.165) is 32.5 Å². The molecule has 1 saturated heterocycles. The van der Waals surface area contributed by atoms with Crippen LogP contribution in [0.3, 0.4) is 0 Å². The van der Waals surface area contributed by atoms with Gasteiger partial charge in [-0.15, -0.1) is 0 Å². The predicted octanol–water partition coefficient (Wildman–Crippen LogP) is 0.930. The number of esters is 1. The van der Waals surface area contributed by atoms with Gasteiger partial charge < -0.3 is 19.7 Å².